The Morgan fingerprint density at radius 3 is 2.62 bits per heavy atom. The number of hydrogen-bond donors (Lipinski definition) is 1. The van der Waals surface area contributed by atoms with E-state index >= 15 is 0 Å². The second-order valence-electron chi connectivity index (χ2n) is 3.61. The predicted molar refractivity (Wildman–Crippen MR) is 47.7 cm³/mol. The summed E-state index contributed by atoms with van der Waals surface area (Å²) in [6, 6.07) is 0. The van der Waals surface area contributed by atoms with Gasteiger partial charge in [0, 0.05) is 0 Å². The smallest absolute Gasteiger partial charge is 0.109 e. The lowest BCUT2D eigenvalue weighted by atomic mass is 10.1. The molecule has 0 bridgehead atoms. The summed E-state index contributed by atoms with van der Waals surface area (Å²) >= 11 is 0. The Morgan fingerprint density at radius 2 is 2.08 bits per heavy atom. The molecule has 1 saturated heterocycles. The van der Waals surface area contributed by atoms with Gasteiger partial charge >= 0.3 is 0 Å². The molecule has 1 N–H and O–H groups in total. The third-order valence-electron chi connectivity index (χ3n) is 2.05. The van der Waals surface area contributed by atoms with E-state index in [2.05, 4.69) is 0 Å². The second-order valence-corrected chi connectivity index (χ2v) is 3.61. The van der Waals surface area contributed by atoms with E-state index in [-0.39, 0.29) is 18.3 Å². The molecule has 0 aromatic rings. The van der Waals surface area contributed by atoms with Crippen molar-refractivity contribution in [2.45, 2.75) is 25.6 Å². The number of epoxide rings is 1. The molecule has 0 aromatic carbocycles. The van der Waals surface area contributed by atoms with E-state index in [1.54, 1.807) is 0 Å². The van der Waals surface area contributed by atoms with Crippen molar-refractivity contribution in [2.24, 2.45) is 0 Å². The number of aliphatic hydroxyl groups excluding tert-OH is 1. The molecule has 13 heavy (non-hydrogen) atoms. The molecule has 0 aliphatic carbocycles. The quantitative estimate of drug-likeness (QED) is 0.460. The maximum atomic E-state index is 8.44. The van der Waals surface area contributed by atoms with E-state index in [0.717, 1.165) is 6.61 Å². The minimum Gasteiger partial charge on any atom is -0.394 e. The monoisotopic (exact) mass is 190 g/mol. The van der Waals surface area contributed by atoms with Crippen LogP contribution in [0.3, 0.4) is 0 Å². The first-order valence-electron chi connectivity index (χ1n) is 4.61. The lowest BCUT2D eigenvalue weighted by Crippen LogP contribution is -2.32. The van der Waals surface area contributed by atoms with Crippen molar-refractivity contribution < 1.29 is 19.3 Å². The van der Waals surface area contributed by atoms with Crippen LogP contribution < -0.4 is 0 Å². The van der Waals surface area contributed by atoms with Gasteiger partial charge in [0.05, 0.1) is 38.6 Å². The summed E-state index contributed by atoms with van der Waals surface area (Å²) in [5.41, 5.74) is -0.206. The van der Waals surface area contributed by atoms with Crippen molar-refractivity contribution >= 4 is 0 Å². The summed E-state index contributed by atoms with van der Waals surface area (Å²) in [6.07, 6.45) is 0.241. The fourth-order valence-electron chi connectivity index (χ4n) is 1.07. The number of hydrogen-bond acceptors (Lipinski definition) is 4. The lowest BCUT2D eigenvalue weighted by Gasteiger charge is -2.22. The zero-order valence-corrected chi connectivity index (χ0v) is 8.28. The van der Waals surface area contributed by atoms with Gasteiger partial charge in [-0.15, -0.1) is 0 Å². The fraction of sp³-hybridized carbons (Fsp3) is 1.00. The van der Waals surface area contributed by atoms with Gasteiger partial charge in [-0.2, -0.15) is 0 Å². The molecule has 1 unspecified atom stereocenters. The van der Waals surface area contributed by atoms with Crippen LogP contribution in [0, 0.1) is 0 Å². The zero-order valence-electron chi connectivity index (χ0n) is 8.28. The van der Waals surface area contributed by atoms with Gasteiger partial charge in [-0.25, -0.2) is 0 Å². The van der Waals surface area contributed by atoms with Crippen molar-refractivity contribution in [3.8, 4) is 0 Å². The van der Waals surface area contributed by atoms with Gasteiger partial charge < -0.3 is 19.3 Å². The van der Waals surface area contributed by atoms with Crippen molar-refractivity contribution in [2.75, 3.05) is 33.0 Å². The van der Waals surface area contributed by atoms with Crippen LogP contribution in [0.2, 0.25) is 0 Å². The van der Waals surface area contributed by atoms with Crippen LogP contribution >= 0.6 is 0 Å². The average Bonchev–Trinajstić information content (AvgIpc) is 2.86. The zero-order chi connectivity index (χ0) is 9.73. The van der Waals surface area contributed by atoms with Crippen LogP contribution in [0.25, 0.3) is 0 Å². The minimum absolute atomic E-state index is 0.0646. The Labute approximate surface area is 78.8 Å². The Bertz CT molecular complexity index is 143. The SMILES string of the molecule is CC(C)(OCCOCCO)C1CO1. The van der Waals surface area contributed by atoms with Gasteiger partial charge in [0.2, 0.25) is 0 Å². The van der Waals surface area contributed by atoms with E-state index in [9.17, 15) is 0 Å². The molecule has 78 valence electrons. The van der Waals surface area contributed by atoms with Crippen molar-refractivity contribution in [3.05, 3.63) is 0 Å². The Balaban J connectivity index is 1.97. The normalized spacial score (nSPS) is 21.9. The van der Waals surface area contributed by atoms with Gasteiger partial charge in [0.25, 0.3) is 0 Å². The molecule has 0 amide bonds. The summed E-state index contributed by atoms with van der Waals surface area (Å²) in [4.78, 5) is 0. The second kappa shape index (κ2) is 4.91. The highest BCUT2D eigenvalue weighted by Gasteiger charge is 2.40. The summed E-state index contributed by atoms with van der Waals surface area (Å²) in [5, 5.41) is 8.44. The first-order valence-corrected chi connectivity index (χ1v) is 4.61. The molecule has 4 nitrogen and oxygen atoms in total. The molecule has 1 heterocycles. The summed E-state index contributed by atoms with van der Waals surface area (Å²) in [6.45, 7) is 6.33. The van der Waals surface area contributed by atoms with Gasteiger partial charge in [0.1, 0.15) is 6.10 Å². The minimum atomic E-state index is -0.206. The van der Waals surface area contributed by atoms with Crippen LogP contribution in [0.15, 0.2) is 0 Å². The van der Waals surface area contributed by atoms with E-state index in [4.69, 9.17) is 19.3 Å². The molecule has 0 radical (unpaired) electrons. The maximum absolute atomic E-state index is 8.44. The molecule has 0 saturated carbocycles. The van der Waals surface area contributed by atoms with E-state index in [1.807, 2.05) is 13.8 Å². The molecule has 4 heteroatoms. The van der Waals surface area contributed by atoms with Crippen LogP contribution in [0.5, 0.6) is 0 Å². The Hall–Kier alpha value is -0.160. The van der Waals surface area contributed by atoms with Crippen LogP contribution in [-0.2, 0) is 14.2 Å². The molecular formula is C9H18O4. The molecule has 1 rings (SSSR count). The van der Waals surface area contributed by atoms with Crippen LogP contribution in [0.4, 0.5) is 0 Å². The molecular weight excluding hydrogens is 172 g/mol. The fourth-order valence-corrected chi connectivity index (χ4v) is 1.07. The Morgan fingerprint density at radius 1 is 1.38 bits per heavy atom. The predicted octanol–water partition coefficient (Wildman–Crippen LogP) is 0.189. The highest BCUT2D eigenvalue weighted by molar-refractivity contribution is 4.88. The lowest BCUT2D eigenvalue weighted by molar-refractivity contribution is -0.0619. The molecule has 1 aliphatic heterocycles. The molecule has 1 atom stereocenters. The van der Waals surface area contributed by atoms with E-state index < -0.39 is 0 Å². The van der Waals surface area contributed by atoms with Gasteiger partial charge in [0.15, 0.2) is 0 Å². The molecule has 0 aromatic heterocycles. The average molecular weight is 190 g/mol. The summed E-state index contributed by atoms with van der Waals surface area (Å²) < 4.78 is 15.8. The number of ether oxygens (including phenoxy) is 3. The van der Waals surface area contributed by atoms with Crippen molar-refractivity contribution in [3.63, 3.8) is 0 Å². The van der Waals surface area contributed by atoms with Gasteiger partial charge in [-0.1, -0.05) is 0 Å². The topological polar surface area (TPSA) is 51.2 Å². The van der Waals surface area contributed by atoms with E-state index in [0.29, 0.717) is 19.8 Å². The van der Waals surface area contributed by atoms with E-state index in [1.165, 1.54) is 0 Å². The third kappa shape index (κ3) is 4.04. The Kier molecular flexibility index (Phi) is 4.12. The first-order chi connectivity index (χ1) is 6.17. The molecule has 1 fully saturated rings. The largest absolute Gasteiger partial charge is 0.394 e. The first kappa shape index (κ1) is 10.9. The third-order valence-corrected chi connectivity index (χ3v) is 2.05. The molecule has 1 aliphatic rings. The number of aliphatic hydroxyl groups is 1. The van der Waals surface area contributed by atoms with Gasteiger partial charge in [-0.05, 0) is 13.8 Å². The highest BCUT2D eigenvalue weighted by Crippen LogP contribution is 2.26. The van der Waals surface area contributed by atoms with Crippen LogP contribution in [0.1, 0.15) is 13.8 Å². The van der Waals surface area contributed by atoms with Crippen molar-refractivity contribution in [1.82, 2.24) is 0 Å². The summed E-state index contributed by atoms with van der Waals surface area (Å²) in [7, 11) is 0. The number of rotatable bonds is 7. The molecule has 0 spiro atoms. The van der Waals surface area contributed by atoms with Crippen molar-refractivity contribution in [1.29, 1.82) is 0 Å². The highest BCUT2D eigenvalue weighted by atomic mass is 16.6. The summed E-state index contributed by atoms with van der Waals surface area (Å²) in [5.74, 6) is 0. The standard InChI is InChI=1S/C9H18O4/c1-9(2,8-7-12-8)13-6-5-11-4-3-10/h8,10H,3-7H2,1-2H3. The van der Waals surface area contributed by atoms with Gasteiger partial charge in [-0.3, -0.25) is 0 Å². The van der Waals surface area contributed by atoms with Crippen LogP contribution in [-0.4, -0.2) is 49.8 Å². The maximum Gasteiger partial charge on any atom is 0.109 e.